The first kappa shape index (κ1) is 14.8. The summed E-state index contributed by atoms with van der Waals surface area (Å²) < 4.78 is 0. The zero-order valence-corrected chi connectivity index (χ0v) is 12.9. The molecule has 0 radical (unpaired) electrons. The predicted molar refractivity (Wildman–Crippen MR) is 89.5 cm³/mol. The number of nitrogens with two attached hydrogens (primary N) is 1. The number of carbonyl (C=O) groups excluding carboxylic acids is 1. The Kier molecular flexibility index (Phi) is 4.25. The minimum absolute atomic E-state index is 0.0141. The zero-order valence-electron chi connectivity index (χ0n) is 12.9. The molecule has 2 atom stereocenters. The lowest BCUT2D eigenvalue weighted by Gasteiger charge is -2.36. The van der Waals surface area contributed by atoms with Gasteiger partial charge >= 0.3 is 0 Å². The van der Waals surface area contributed by atoms with Crippen molar-refractivity contribution < 1.29 is 4.79 Å². The molecule has 2 aromatic rings. The van der Waals surface area contributed by atoms with Crippen molar-refractivity contribution in [3.8, 4) is 11.1 Å². The Labute approximate surface area is 131 Å². The van der Waals surface area contributed by atoms with E-state index in [0.29, 0.717) is 12.5 Å². The maximum absolute atomic E-state index is 11.5. The van der Waals surface area contributed by atoms with Gasteiger partial charge in [0.05, 0.1) is 0 Å². The Balaban J connectivity index is 1.75. The summed E-state index contributed by atoms with van der Waals surface area (Å²) in [6, 6.07) is 19.1. The second-order valence-corrected chi connectivity index (χ2v) is 6.01. The van der Waals surface area contributed by atoms with Crippen molar-refractivity contribution in [1.29, 1.82) is 0 Å². The van der Waals surface area contributed by atoms with Crippen LogP contribution in [0.25, 0.3) is 11.1 Å². The van der Waals surface area contributed by atoms with Crippen LogP contribution in [-0.2, 0) is 4.79 Å². The van der Waals surface area contributed by atoms with Crippen molar-refractivity contribution in [2.75, 3.05) is 13.1 Å². The fourth-order valence-electron chi connectivity index (χ4n) is 3.24. The van der Waals surface area contributed by atoms with Gasteiger partial charge in [-0.25, -0.2) is 0 Å². The van der Waals surface area contributed by atoms with Crippen LogP contribution >= 0.6 is 0 Å². The highest BCUT2D eigenvalue weighted by atomic mass is 16.2. The SMILES string of the molecule is CC(=O)N1CC[C@@H](c2ccc(-c3ccccc3)cc2)[C@H](N)C1. The van der Waals surface area contributed by atoms with Crippen molar-refractivity contribution in [1.82, 2.24) is 4.90 Å². The van der Waals surface area contributed by atoms with Gasteiger partial charge in [-0.05, 0) is 23.1 Å². The van der Waals surface area contributed by atoms with Gasteiger partial charge in [0.1, 0.15) is 0 Å². The summed E-state index contributed by atoms with van der Waals surface area (Å²) in [4.78, 5) is 13.3. The molecule has 3 heteroatoms. The van der Waals surface area contributed by atoms with Gasteiger partial charge in [-0.15, -0.1) is 0 Å². The number of amides is 1. The highest BCUT2D eigenvalue weighted by Crippen LogP contribution is 2.29. The molecule has 1 amide bonds. The largest absolute Gasteiger partial charge is 0.341 e. The van der Waals surface area contributed by atoms with E-state index in [2.05, 4.69) is 48.5 Å². The highest BCUT2D eigenvalue weighted by Gasteiger charge is 2.28. The Morgan fingerprint density at radius 2 is 1.68 bits per heavy atom. The van der Waals surface area contributed by atoms with Gasteiger partial charge in [0.15, 0.2) is 0 Å². The van der Waals surface area contributed by atoms with Crippen molar-refractivity contribution in [3.63, 3.8) is 0 Å². The van der Waals surface area contributed by atoms with Crippen LogP contribution in [0.15, 0.2) is 54.6 Å². The number of likely N-dealkylation sites (tertiary alicyclic amines) is 1. The molecule has 2 N–H and O–H groups in total. The number of carbonyl (C=O) groups is 1. The topological polar surface area (TPSA) is 46.3 Å². The summed E-state index contributed by atoms with van der Waals surface area (Å²) >= 11 is 0. The van der Waals surface area contributed by atoms with Gasteiger partial charge in [-0.2, -0.15) is 0 Å². The molecule has 114 valence electrons. The van der Waals surface area contributed by atoms with E-state index in [0.717, 1.165) is 13.0 Å². The van der Waals surface area contributed by atoms with Crippen molar-refractivity contribution >= 4 is 5.91 Å². The Morgan fingerprint density at radius 1 is 1.05 bits per heavy atom. The van der Waals surface area contributed by atoms with Crippen molar-refractivity contribution in [3.05, 3.63) is 60.2 Å². The maximum atomic E-state index is 11.5. The van der Waals surface area contributed by atoms with Crippen LogP contribution in [-0.4, -0.2) is 29.9 Å². The molecule has 0 saturated carbocycles. The fraction of sp³-hybridized carbons (Fsp3) is 0.316. The van der Waals surface area contributed by atoms with Crippen molar-refractivity contribution in [2.45, 2.75) is 25.3 Å². The van der Waals surface area contributed by atoms with Gasteiger partial charge in [0.25, 0.3) is 0 Å². The number of hydrogen-bond acceptors (Lipinski definition) is 2. The average molecular weight is 294 g/mol. The van der Waals surface area contributed by atoms with Crippen LogP contribution in [0.3, 0.4) is 0 Å². The summed E-state index contributed by atoms with van der Waals surface area (Å²) in [5.74, 6) is 0.453. The molecular weight excluding hydrogens is 272 g/mol. The van der Waals surface area contributed by atoms with Gasteiger partial charge < -0.3 is 10.6 Å². The fourth-order valence-corrected chi connectivity index (χ4v) is 3.24. The van der Waals surface area contributed by atoms with Crippen LogP contribution in [0.4, 0.5) is 0 Å². The molecular formula is C19H22N2O. The molecule has 2 aromatic carbocycles. The maximum Gasteiger partial charge on any atom is 0.219 e. The molecule has 22 heavy (non-hydrogen) atoms. The van der Waals surface area contributed by atoms with Crippen LogP contribution in [0.2, 0.25) is 0 Å². The third kappa shape index (κ3) is 3.04. The summed E-state index contributed by atoms with van der Waals surface area (Å²) in [6.07, 6.45) is 0.936. The van der Waals surface area contributed by atoms with Gasteiger partial charge in [-0.3, -0.25) is 4.79 Å². The minimum Gasteiger partial charge on any atom is -0.341 e. The summed E-state index contributed by atoms with van der Waals surface area (Å²) in [5.41, 5.74) is 10.0. The normalized spacial score (nSPS) is 21.6. The molecule has 1 aliphatic rings. The summed E-state index contributed by atoms with van der Waals surface area (Å²) in [5, 5.41) is 0. The van der Waals surface area contributed by atoms with Gasteiger partial charge in [0.2, 0.25) is 5.91 Å². The first-order valence-corrected chi connectivity index (χ1v) is 7.81. The van der Waals surface area contributed by atoms with Gasteiger partial charge in [0, 0.05) is 32.0 Å². The Hall–Kier alpha value is -2.13. The van der Waals surface area contributed by atoms with Crippen LogP contribution < -0.4 is 5.73 Å². The number of nitrogens with zero attached hydrogens (tertiary/aromatic N) is 1. The van der Waals surface area contributed by atoms with Crippen LogP contribution in [0.5, 0.6) is 0 Å². The summed E-state index contributed by atoms with van der Waals surface area (Å²) in [6.45, 7) is 3.07. The second kappa shape index (κ2) is 6.32. The molecule has 1 fully saturated rings. The average Bonchev–Trinajstić information content (AvgIpc) is 2.56. The number of hydrogen-bond donors (Lipinski definition) is 1. The third-order valence-electron chi connectivity index (χ3n) is 4.55. The molecule has 0 bridgehead atoms. The predicted octanol–water partition coefficient (Wildman–Crippen LogP) is 3.02. The minimum atomic E-state index is 0.0141. The molecule has 1 saturated heterocycles. The molecule has 3 nitrogen and oxygen atoms in total. The first-order valence-electron chi connectivity index (χ1n) is 7.81. The van der Waals surface area contributed by atoms with Gasteiger partial charge in [-0.1, -0.05) is 54.6 Å². The van der Waals surface area contributed by atoms with E-state index in [1.54, 1.807) is 6.92 Å². The lowest BCUT2D eigenvalue weighted by Crippen LogP contribution is -2.48. The quantitative estimate of drug-likeness (QED) is 0.925. The lowest BCUT2D eigenvalue weighted by molar-refractivity contribution is -0.130. The Morgan fingerprint density at radius 3 is 2.27 bits per heavy atom. The van der Waals surface area contributed by atoms with E-state index in [1.165, 1.54) is 16.7 Å². The molecule has 0 spiro atoms. The molecule has 3 rings (SSSR count). The zero-order chi connectivity index (χ0) is 15.5. The van der Waals surface area contributed by atoms with E-state index in [9.17, 15) is 4.79 Å². The monoisotopic (exact) mass is 294 g/mol. The molecule has 0 aliphatic carbocycles. The van der Waals surface area contributed by atoms with E-state index < -0.39 is 0 Å². The van der Waals surface area contributed by atoms with Crippen molar-refractivity contribution in [2.24, 2.45) is 5.73 Å². The molecule has 0 aromatic heterocycles. The Bertz CT molecular complexity index is 636. The lowest BCUT2D eigenvalue weighted by atomic mass is 9.85. The number of benzene rings is 2. The van der Waals surface area contributed by atoms with E-state index in [1.807, 2.05) is 11.0 Å². The molecule has 1 heterocycles. The first-order chi connectivity index (χ1) is 10.6. The molecule has 1 aliphatic heterocycles. The van der Waals surface area contributed by atoms with E-state index >= 15 is 0 Å². The summed E-state index contributed by atoms with van der Waals surface area (Å²) in [7, 11) is 0. The smallest absolute Gasteiger partial charge is 0.219 e. The van der Waals surface area contributed by atoms with Crippen LogP contribution in [0, 0.1) is 0 Å². The molecule has 0 unspecified atom stereocenters. The standard InChI is InChI=1S/C19H22N2O/c1-14(22)21-12-11-18(19(20)13-21)17-9-7-16(8-10-17)15-5-3-2-4-6-15/h2-10,18-19H,11-13,20H2,1H3/t18-,19+/m0/s1. The van der Waals surface area contributed by atoms with Crippen LogP contribution in [0.1, 0.15) is 24.8 Å². The van der Waals surface area contributed by atoms with E-state index in [4.69, 9.17) is 5.73 Å². The number of rotatable bonds is 2. The van der Waals surface area contributed by atoms with E-state index in [-0.39, 0.29) is 11.9 Å². The second-order valence-electron chi connectivity index (χ2n) is 6.01. The highest BCUT2D eigenvalue weighted by molar-refractivity contribution is 5.73. The number of piperidine rings is 1. The third-order valence-corrected chi connectivity index (χ3v) is 4.55.